The second kappa shape index (κ2) is 9.57. The van der Waals surface area contributed by atoms with Crippen LogP contribution in [0.2, 0.25) is 0 Å². The number of carbonyl (C=O) groups is 1. The predicted octanol–water partition coefficient (Wildman–Crippen LogP) is 2.53. The molecule has 1 aromatic rings. The minimum atomic E-state index is -0.134. The van der Waals surface area contributed by atoms with Crippen molar-refractivity contribution in [3.63, 3.8) is 0 Å². The summed E-state index contributed by atoms with van der Waals surface area (Å²) in [5.74, 6) is 0.914. The molecule has 0 aromatic carbocycles. The molecule has 2 rings (SSSR count). The van der Waals surface area contributed by atoms with Crippen molar-refractivity contribution in [1.82, 2.24) is 15.5 Å². The van der Waals surface area contributed by atoms with E-state index in [1.165, 1.54) is 12.8 Å². The Balaban J connectivity index is 1.70. The number of carbonyl (C=O) groups excluding carboxylic acids is 1. The first kappa shape index (κ1) is 17.8. The van der Waals surface area contributed by atoms with Gasteiger partial charge in [0.05, 0.1) is 18.4 Å². The van der Waals surface area contributed by atoms with Gasteiger partial charge in [-0.25, -0.2) is 4.79 Å². The van der Waals surface area contributed by atoms with Crippen LogP contribution in [0.25, 0.3) is 0 Å². The average molecular weight is 323 g/mol. The van der Waals surface area contributed by atoms with Crippen molar-refractivity contribution in [2.45, 2.75) is 45.3 Å². The zero-order valence-corrected chi connectivity index (χ0v) is 14.2. The fraction of sp³-hybridized carbons (Fsp3) is 0.706. The SMILES string of the molecule is CC(C)OCCCNC(=O)NC[C@@H](c1ccco1)N1CCCC1. The Bertz CT molecular complexity index is 442. The quantitative estimate of drug-likeness (QED) is 0.685. The molecule has 0 saturated carbocycles. The van der Waals surface area contributed by atoms with Gasteiger partial charge in [0.15, 0.2) is 0 Å². The van der Waals surface area contributed by atoms with Gasteiger partial charge in [-0.1, -0.05) is 0 Å². The van der Waals surface area contributed by atoms with Crippen LogP contribution in [-0.4, -0.2) is 49.8 Å². The highest BCUT2D eigenvalue weighted by molar-refractivity contribution is 5.73. The molecule has 0 aliphatic carbocycles. The maximum atomic E-state index is 11.9. The molecule has 1 saturated heterocycles. The molecule has 6 nitrogen and oxygen atoms in total. The summed E-state index contributed by atoms with van der Waals surface area (Å²) in [6, 6.07) is 3.85. The molecule has 1 aliphatic heterocycles. The van der Waals surface area contributed by atoms with E-state index in [4.69, 9.17) is 9.15 Å². The number of likely N-dealkylation sites (tertiary alicyclic amines) is 1. The Labute approximate surface area is 138 Å². The topological polar surface area (TPSA) is 66.7 Å². The van der Waals surface area contributed by atoms with E-state index in [0.717, 1.165) is 25.3 Å². The molecule has 23 heavy (non-hydrogen) atoms. The lowest BCUT2D eigenvalue weighted by Crippen LogP contribution is -2.41. The van der Waals surface area contributed by atoms with Gasteiger partial charge in [0, 0.05) is 19.7 Å². The van der Waals surface area contributed by atoms with Gasteiger partial charge in [-0.2, -0.15) is 0 Å². The first-order chi connectivity index (χ1) is 11.2. The molecule has 2 amide bonds. The van der Waals surface area contributed by atoms with Gasteiger partial charge in [-0.05, 0) is 58.3 Å². The highest BCUT2D eigenvalue weighted by Gasteiger charge is 2.25. The van der Waals surface area contributed by atoms with Crippen LogP contribution in [0.4, 0.5) is 4.79 Å². The maximum Gasteiger partial charge on any atom is 0.314 e. The molecule has 2 N–H and O–H groups in total. The van der Waals surface area contributed by atoms with E-state index in [2.05, 4.69) is 15.5 Å². The zero-order valence-electron chi connectivity index (χ0n) is 14.2. The van der Waals surface area contributed by atoms with E-state index in [-0.39, 0.29) is 18.2 Å². The Morgan fingerprint density at radius 3 is 2.78 bits per heavy atom. The number of ether oxygens (including phenoxy) is 1. The van der Waals surface area contributed by atoms with Crippen molar-refractivity contribution in [1.29, 1.82) is 0 Å². The van der Waals surface area contributed by atoms with Gasteiger partial charge < -0.3 is 19.8 Å². The summed E-state index contributed by atoms with van der Waals surface area (Å²) >= 11 is 0. The molecule has 0 bridgehead atoms. The normalized spacial score (nSPS) is 16.7. The molecule has 130 valence electrons. The maximum absolute atomic E-state index is 11.9. The largest absolute Gasteiger partial charge is 0.468 e. The molecule has 1 atom stereocenters. The minimum absolute atomic E-state index is 0.113. The van der Waals surface area contributed by atoms with Crippen LogP contribution in [0, 0.1) is 0 Å². The third kappa shape index (κ3) is 6.23. The van der Waals surface area contributed by atoms with Crippen LogP contribution in [-0.2, 0) is 4.74 Å². The van der Waals surface area contributed by atoms with Crippen molar-refractivity contribution in [3.05, 3.63) is 24.2 Å². The number of hydrogen-bond acceptors (Lipinski definition) is 4. The molecular formula is C17H29N3O3. The third-order valence-electron chi connectivity index (χ3n) is 3.97. The van der Waals surface area contributed by atoms with Crippen molar-refractivity contribution in [2.75, 3.05) is 32.8 Å². The average Bonchev–Trinajstić information content (AvgIpc) is 3.20. The molecule has 1 aromatic heterocycles. The summed E-state index contributed by atoms with van der Waals surface area (Å²) in [6.45, 7) is 7.97. The van der Waals surface area contributed by atoms with Gasteiger partial charge >= 0.3 is 6.03 Å². The first-order valence-corrected chi connectivity index (χ1v) is 8.57. The summed E-state index contributed by atoms with van der Waals surface area (Å²) in [4.78, 5) is 14.3. The first-order valence-electron chi connectivity index (χ1n) is 8.57. The fourth-order valence-corrected chi connectivity index (χ4v) is 2.79. The summed E-state index contributed by atoms with van der Waals surface area (Å²) in [6.07, 6.45) is 5.16. The van der Waals surface area contributed by atoms with Crippen molar-refractivity contribution < 1.29 is 13.9 Å². The van der Waals surface area contributed by atoms with E-state index < -0.39 is 0 Å². The number of hydrogen-bond donors (Lipinski definition) is 2. The Kier molecular flexibility index (Phi) is 7.42. The Morgan fingerprint density at radius 1 is 1.35 bits per heavy atom. The monoisotopic (exact) mass is 323 g/mol. The lowest BCUT2D eigenvalue weighted by Gasteiger charge is -2.26. The van der Waals surface area contributed by atoms with Gasteiger partial charge in [-0.3, -0.25) is 4.90 Å². The summed E-state index contributed by atoms with van der Waals surface area (Å²) < 4.78 is 11.0. The van der Waals surface area contributed by atoms with Gasteiger partial charge in [-0.15, -0.1) is 0 Å². The summed E-state index contributed by atoms with van der Waals surface area (Å²) in [5.41, 5.74) is 0. The Hall–Kier alpha value is -1.53. The predicted molar refractivity (Wildman–Crippen MR) is 89.4 cm³/mol. The van der Waals surface area contributed by atoms with Gasteiger partial charge in [0.25, 0.3) is 0 Å². The van der Waals surface area contributed by atoms with Crippen LogP contribution in [0.15, 0.2) is 22.8 Å². The van der Waals surface area contributed by atoms with Crippen LogP contribution < -0.4 is 10.6 Å². The third-order valence-corrected chi connectivity index (χ3v) is 3.97. The number of amides is 2. The van der Waals surface area contributed by atoms with Crippen LogP contribution in [0.1, 0.15) is 44.9 Å². The van der Waals surface area contributed by atoms with Gasteiger partial charge in [0.2, 0.25) is 0 Å². The molecule has 0 radical (unpaired) electrons. The van der Waals surface area contributed by atoms with Crippen molar-refractivity contribution in [3.8, 4) is 0 Å². The van der Waals surface area contributed by atoms with E-state index in [9.17, 15) is 4.79 Å². The highest BCUT2D eigenvalue weighted by Crippen LogP contribution is 2.24. The standard InChI is InChI=1S/C17H29N3O3/c1-14(2)22-12-6-8-18-17(21)19-13-15(16-7-5-11-23-16)20-9-3-4-10-20/h5,7,11,14-15H,3-4,6,8-10,12-13H2,1-2H3,(H2,18,19,21)/t15-/m0/s1. The lowest BCUT2D eigenvalue weighted by atomic mass is 10.2. The zero-order chi connectivity index (χ0) is 16.5. The second-order valence-electron chi connectivity index (χ2n) is 6.18. The van der Waals surface area contributed by atoms with E-state index in [1.54, 1.807) is 6.26 Å². The minimum Gasteiger partial charge on any atom is -0.468 e. The number of rotatable bonds is 9. The summed E-state index contributed by atoms with van der Waals surface area (Å²) in [7, 11) is 0. The smallest absolute Gasteiger partial charge is 0.314 e. The van der Waals surface area contributed by atoms with Crippen molar-refractivity contribution >= 4 is 6.03 Å². The Morgan fingerprint density at radius 2 is 2.13 bits per heavy atom. The van der Waals surface area contributed by atoms with Gasteiger partial charge in [0.1, 0.15) is 5.76 Å². The molecular weight excluding hydrogens is 294 g/mol. The van der Waals surface area contributed by atoms with Crippen LogP contribution in [0.3, 0.4) is 0 Å². The highest BCUT2D eigenvalue weighted by atomic mass is 16.5. The van der Waals surface area contributed by atoms with E-state index in [1.807, 2.05) is 26.0 Å². The number of nitrogens with one attached hydrogen (secondary N) is 2. The van der Waals surface area contributed by atoms with E-state index >= 15 is 0 Å². The number of furan rings is 1. The number of urea groups is 1. The summed E-state index contributed by atoms with van der Waals surface area (Å²) in [5, 5.41) is 5.82. The fourth-order valence-electron chi connectivity index (χ4n) is 2.79. The lowest BCUT2D eigenvalue weighted by molar-refractivity contribution is 0.0774. The number of nitrogens with zero attached hydrogens (tertiary/aromatic N) is 1. The van der Waals surface area contributed by atoms with Crippen LogP contribution >= 0.6 is 0 Å². The van der Waals surface area contributed by atoms with E-state index in [0.29, 0.717) is 19.7 Å². The van der Waals surface area contributed by atoms with Crippen molar-refractivity contribution in [2.24, 2.45) is 0 Å². The molecule has 1 aliphatic rings. The molecule has 0 spiro atoms. The molecule has 2 heterocycles. The second-order valence-corrected chi connectivity index (χ2v) is 6.18. The van der Waals surface area contributed by atoms with Crippen LogP contribution in [0.5, 0.6) is 0 Å². The molecule has 6 heteroatoms. The molecule has 0 unspecified atom stereocenters. The molecule has 1 fully saturated rings.